The van der Waals surface area contributed by atoms with Crippen LogP contribution in [0, 0.1) is 0 Å². The summed E-state index contributed by atoms with van der Waals surface area (Å²) in [6, 6.07) is 23.0. The quantitative estimate of drug-likeness (QED) is 0.290. The zero-order valence-corrected chi connectivity index (χ0v) is 24.5. The zero-order valence-electron chi connectivity index (χ0n) is 24.5. The molecule has 44 heavy (non-hydrogen) atoms. The minimum absolute atomic E-state index is 0.196. The summed E-state index contributed by atoms with van der Waals surface area (Å²) in [6.45, 7) is 2.33. The summed E-state index contributed by atoms with van der Waals surface area (Å²) >= 11 is 0. The van der Waals surface area contributed by atoms with Crippen LogP contribution in [0.25, 0.3) is 10.9 Å². The molecule has 4 amide bonds. The smallest absolute Gasteiger partial charge is 0.326 e. The van der Waals surface area contributed by atoms with Gasteiger partial charge in [0.05, 0.1) is 12.5 Å². The van der Waals surface area contributed by atoms with Gasteiger partial charge in [-0.2, -0.15) is 0 Å². The highest BCUT2D eigenvalue weighted by molar-refractivity contribution is 6.04. The molecule has 4 heterocycles. The molecule has 3 aliphatic heterocycles. The highest BCUT2D eigenvalue weighted by Gasteiger charge is 2.44. The molecule has 0 saturated carbocycles. The number of fused-ring (bicyclic) bond motifs is 6. The van der Waals surface area contributed by atoms with Crippen LogP contribution < -0.4 is 10.2 Å². The van der Waals surface area contributed by atoms with Gasteiger partial charge in [0.1, 0.15) is 12.4 Å². The molecular weight excluding hydrogens is 560 g/mol. The van der Waals surface area contributed by atoms with Crippen LogP contribution in [-0.4, -0.2) is 58.7 Å². The number of carbonyl (C=O) groups is 3. The molecule has 3 aromatic carbocycles. The van der Waals surface area contributed by atoms with Gasteiger partial charge in [0.2, 0.25) is 5.91 Å². The van der Waals surface area contributed by atoms with E-state index in [1.165, 1.54) is 4.90 Å². The number of hydrogen-bond donors (Lipinski definition) is 1. The first-order valence-corrected chi connectivity index (χ1v) is 15.0. The van der Waals surface area contributed by atoms with E-state index >= 15 is 0 Å². The Bertz CT molecular complexity index is 1710. The van der Waals surface area contributed by atoms with E-state index in [2.05, 4.69) is 10.0 Å². The first-order chi connectivity index (χ1) is 21.5. The Kier molecular flexibility index (Phi) is 7.53. The van der Waals surface area contributed by atoms with Crippen molar-refractivity contribution in [3.05, 3.63) is 101 Å². The van der Waals surface area contributed by atoms with Gasteiger partial charge in [0.25, 0.3) is 5.91 Å². The normalized spacial score (nSPS) is 19.7. The number of imide groups is 1. The molecule has 2 fully saturated rings. The number of amides is 4. The SMILES string of the molecule is CN1C(=O)C2CN(Cc3c2c2cc(OCc4ccccc4)ccc2n3Cc2ccc(C(=O)NOC3CCCCO3)cc2)C1=O. The Balaban J connectivity index is 1.18. The van der Waals surface area contributed by atoms with Gasteiger partial charge in [-0.05, 0) is 59.9 Å². The maximum Gasteiger partial charge on any atom is 0.326 e. The van der Waals surface area contributed by atoms with Crippen molar-refractivity contribution in [1.82, 2.24) is 19.8 Å². The molecule has 1 N–H and O–H groups in total. The second kappa shape index (κ2) is 11.8. The molecule has 0 aliphatic carbocycles. The van der Waals surface area contributed by atoms with Crippen molar-refractivity contribution in [2.75, 3.05) is 20.2 Å². The van der Waals surface area contributed by atoms with Crippen LogP contribution in [0.3, 0.4) is 0 Å². The summed E-state index contributed by atoms with van der Waals surface area (Å²) in [5.74, 6) is -0.265. The van der Waals surface area contributed by atoms with E-state index in [-0.39, 0.29) is 17.8 Å². The molecule has 3 aliphatic rings. The van der Waals surface area contributed by atoms with E-state index in [1.54, 1.807) is 24.1 Å². The lowest BCUT2D eigenvalue weighted by Gasteiger charge is -2.41. The molecule has 0 spiro atoms. The van der Waals surface area contributed by atoms with E-state index in [0.29, 0.717) is 44.2 Å². The van der Waals surface area contributed by atoms with Crippen LogP contribution in [0.5, 0.6) is 5.75 Å². The number of aromatic nitrogens is 1. The maximum atomic E-state index is 13.4. The van der Waals surface area contributed by atoms with Crippen LogP contribution in [0.1, 0.15) is 57.9 Å². The molecule has 2 bridgehead atoms. The molecule has 2 atom stereocenters. The van der Waals surface area contributed by atoms with Crippen LogP contribution in [0.2, 0.25) is 0 Å². The number of benzene rings is 3. The van der Waals surface area contributed by atoms with Crippen molar-refractivity contribution in [2.45, 2.75) is 51.2 Å². The Labute approximate surface area is 255 Å². The third-order valence-electron chi connectivity index (χ3n) is 8.69. The predicted molar refractivity (Wildman–Crippen MR) is 162 cm³/mol. The fraction of sp³-hybridized carbons (Fsp3) is 0.324. The first kappa shape index (κ1) is 28.1. The van der Waals surface area contributed by atoms with Crippen LogP contribution in [0.15, 0.2) is 72.8 Å². The Morgan fingerprint density at radius 3 is 2.59 bits per heavy atom. The van der Waals surface area contributed by atoms with Gasteiger partial charge in [-0.3, -0.25) is 14.5 Å². The summed E-state index contributed by atoms with van der Waals surface area (Å²) in [5.41, 5.74) is 7.87. The topological polar surface area (TPSA) is 102 Å². The minimum atomic E-state index is -0.450. The number of urea groups is 1. The Morgan fingerprint density at radius 2 is 1.82 bits per heavy atom. The number of ether oxygens (including phenoxy) is 2. The summed E-state index contributed by atoms with van der Waals surface area (Å²) in [5, 5.41) is 0.949. The molecular formula is C34H34N4O6. The number of rotatable bonds is 8. The monoisotopic (exact) mass is 594 g/mol. The second-order valence-corrected chi connectivity index (χ2v) is 11.6. The average Bonchev–Trinajstić information content (AvgIpc) is 3.37. The maximum absolute atomic E-state index is 13.4. The summed E-state index contributed by atoms with van der Waals surface area (Å²) in [6.07, 6.45) is 2.34. The van der Waals surface area contributed by atoms with Gasteiger partial charge < -0.3 is 18.9 Å². The lowest BCUT2D eigenvalue weighted by molar-refractivity contribution is -0.186. The molecule has 7 rings (SSSR count). The van der Waals surface area contributed by atoms with E-state index in [0.717, 1.165) is 52.5 Å². The minimum Gasteiger partial charge on any atom is -0.489 e. The van der Waals surface area contributed by atoms with Crippen molar-refractivity contribution in [3.63, 3.8) is 0 Å². The number of hydroxylamine groups is 1. The first-order valence-electron chi connectivity index (χ1n) is 15.0. The molecule has 2 saturated heterocycles. The molecule has 10 nitrogen and oxygen atoms in total. The largest absolute Gasteiger partial charge is 0.489 e. The number of carbonyl (C=O) groups excluding carboxylic acids is 3. The average molecular weight is 595 g/mol. The zero-order chi connectivity index (χ0) is 30.2. The Hall–Kier alpha value is -4.67. The molecule has 226 valence electrons. The molecule has 10 heteroatoms. The predicted octanol–water partition coefficient (Wildman–Crippen LogP) is 4.95. The van der Waals surface area contributed by atoms with Gasteiger partial charge in [-0.15, -0.1) is 0 Å². The van der Waals surface area contributed by atoms with Crippen molar-refractivity contribution < 1.29 is 28.7 Å². The van der Waals surface area contributed by atoms with Crippen molar-refractivity contribution in [2.24, 2.45) is 0 Å². The molecule has 2 unspecified atom stereocenters. The Morgan fingerprint density at radius 1 is 1.00 bits per heavy atom. The van der Waals surface area contributed by atoms with Gasteiger partial charge >= 0.3 is 6.03 Å². The number of likely N-dealkylation sites (N-methyl/N-ethyl adjacent to an activating group) is 1. The summed E-state index contributed by atoms with van der Waals surface area (Å²) < 4.78 is 13.8. The van der Waals surface area contributed by atoms with E-state index in [1.807, 2.05) is 60.7 Å². The van der Waals surface area contributed by atoms with E-state index < -0.39 is 12.2 Å². The van der Waals surface area contributed by atoms with Gasteiger partial charge in [-0.1, -0.05) is 42.5 Å². The van der Waals surface area contributed by atoms with Crippen LogP contribution in [0.4, 0.5) is 4.79 Å². The van der Waals surface area contributed by atoms with Crippen molar-refractivity contribution in [1.29, 1.82) is 0 Å². The lowest BCUT2D eigenvalue weighted by Crippen LogP contribution is -2.56. The lowest BCUT2D eigenvalue weighted by atomic mass is 9.89. The molecule has 0 radical (unpaired) electrons. The fourth-order valence-electron chi connectivity index (χ4n) is 6.35. The van der Waals surface area contributed by atoms with Crippen molar-refractivity contribution >= 4 is 28.7 Å². The standard InChI is InChI=1S/C34H34N4O6/c1-36-33(40)27-19-37(34(36)41)20-29-31(27)26-17-25(43-21-23-7-3-2-4-8-23)14-15-28(26)38(29)18-22-10-12-24(13-11-22)32(39)35-44-30-9-5-6-16-42-30/h2-4,7-8,10-15,17,27,30H,5-6,9,16,18-21H2,1H3,(H,35,39). The van der Waals surface area contributed by atoms with E-state index in [4.69, 9.17) is 14.3 Å². The molecule has 1 aromatic heterocycles. The van der Waals surface area contributed by atoms with Crippen LogP contribution in [-0.2, 0) is 34.1 Å². The highest BCUT2D eigenvalue weighted by Crippen LogP contribution is 2.42. The fourth-order valence-corrected chi connectivity index (χ4v) is 6.35. The van der Waals surface area contributed by atoms with Gasteiger partial charge in [0.15, 0.2) is 6.29 Å². The second-order valence-electron chi connectivity index (χ2n) is 11.6. The highest BCUT2D eigenvalue weighted by atomic mass is 16.8. The molecule has 4 aromatic rings. The summed E-state index contributed by atoms with van der Waals surface area (Å²) in [4.78, 5) is 47.3. The summed E-state index contributed by atoms with van der Waals surface area (Å²) in [7, 11) is 1.55. The van der Waals surface area contributed by atoms with Crippen molar-refractivity contribution in [3.8, 4) is 5.75 Å². The number of nitrogens with zero attached hydrogens (tertiary/aromatic N) is 3. The third-order valence-corrected chi connectivity index (χ3v) is 8.69. The number of nitrogens with one attached hydrogen (secondary N) is 1. The number of hydrogen-bond acceptors (Lipinski definition) is 6. The van der Waals surface area contributed by atoms with Gasteiger partial charge in [0, 0.05) is 55.3 Å². The van der Waals surface area contributed by atoms with E-state index in [9.17, 15) is 14.4 Å². The van der Waals surface area contributed by atoms with Crippen LogP contribution >= 0.6 is 0 Å². The van der Waals surface area contributed by atoms with Gasteiger partial charge in [-0.25, -0.2) is 15.1 Å². The third kappa shape index (κ3) is 5.31.